The molecule has 2 saturated heterocycles. The highest BCUT2D eigenvalue weighted by Gasteiger charge is 2.74. The van der Waals surface area contributed by atoms with Crippen LogP contribution < -0.4 is 11.3 Å². The molecule has 2 aliphatic heterocycles. The first-order valence-electron chi connectivity index (χ1n) is 14.4. The zero-order valence-corrected chi connectivity index (χ0v) is 27.8. The van der Waals surface area contributed by atoms with Gasteiger partial charge in [-0.05, 0) is 19.3 Å². The highest BCUT2D eigenvalue weighted by atomic mass is 32.7. The van der Waals surface area contributed by atoms with Gasteiger partial charge in [0, 0.05) is 23.2 Å². The van der Waals surface area contributed by atoms with Crippen molar-refractivity contribution >= 4 is 66.8 Å². The number of aryl methyl sites for hydroxylation is 1. The van der Waals surface area contributed by atoms with Crippen molar-refractivity contribution in [2.24, 2.45) is 17.3 Å². The lowest BCUT2D eigenvalue weighted by Crippen LogP contribution is -2.37. The Morgan fingerprint density at radius 2 is 1.91 bits per heavy atom. The lowest BCUT2D eigenvalue weighted by Gasteiger charge is -2.30. The Bertz CT molecular complexity index is 2060. The molecule has 2 bridgehead atoms. The monoisotopic (exact) mass is 729 g/mol. The van der Waals surface area contributed by atoms with E-state index in [-0.39, 0.29) is 23.6 Å². The molecule has 4 fully saturated rings. The minimum atomic E-state index is -4.88. The molecule has 6 heterocycles. The number of thiol groups is 1. The Balaban J connectivity index is 1.15. The second kappa shape index (κ2) is 11.0. The maximum absolute atomic E-state index is 13.8. The molecule has 4 aromatic rings. The normalized spacial score (nSPS) is 40.4. The molecular formula is C24H29N9O10P2S2. The number of nitrogen functional groups attached to an aromatic ring is 1. The molecule has 0 aromatic carbocycles. The van der Waals surface area contributed by atoms with Crippen LogP contribution in [-0.4, -0.2) is 97.5 Å². The number of phosphoric acid groups is 1. The van der Waals surface area contributed by atoms with Crippen molar-refractivity contribution in [3.63, 3.8) is 0 Å². The van der Waals surface area contributed by atoms with E-state index in [0.717, 1.165) is 0 Å². The Morgan fingerprint density at radius 3 is 2.70 bits per heavy atom. The molecule has 1 unspecified atom stereocenters. The summed E-state index contributed by atoms with van der Waals surface area (Å²) in [4.78, 5) is 47.3. The summed E-state index contributed by atoms with van der Waals surface area (Å²) < 4.78 is 53.7. The number of fused-ring (bicyclic) bond motifs is 4. The number of aliphatic hydroxyl groups excluding tert-OH is 2. The first kappa shape index (κ1) is 31.8. The van der Waals surface area contributed by atoms with E-state index in [0.29, 0.717) is 23.4 Å². The minimum absolute atomic E-state index is 0.0420. The van der Waals surface area contributed by atoms with Crippen molar-refractivity contribution in [1.82, 2.24) is 39.0 Å². The number of rotatable bonds is 3. The molecule has 4 aromatic heterocycles. The third-order valence-electron chi connectivity index (χ3n) is 9.46. The van der Waals surface area contributed by atoms with Gasteiger partial charge in [-0.2, -0.15) is 0 Å². The molecule has 1 spiro atoms. The van der Waals surface area contributed by atoms with E-state index in [9.17, 15) is 29.0 Å². The maximum atomic E-state index is 13.8. The summed E-state index contributed by atoms with van der Waals surface area (Å²) in [6.07, 6.45) is 0.734. The van der Waals surface area contributed by atoms with Gasteiger partial charge in [-0.1, -0.05) is 12.2 Å². The number of anilines is 1. The third-order valence-corrected chi connectivity index (χ3v) is 13.6. The first-order chi connectivity index (χ1) is 22.3. The lowest BCUT2D eigenvalue weighted by atomic mass is 10.00. The number of thioether (sulfide) groups is 1. The summed E-state index contributed by atoms with van der Waals surface area (Å²) in [6, 6.07) is -0.716. The van der Waals surface area contributed by atoms with Gasteiger partial charge in [0.05, 0.1) is 31.9 Å². The fourth-order valence-corrected chi connectivity index (χ4v) is 11.6. The summed E-state index contributed by atoms with van der Waals surface area (Å²) in [5.74, 6) is -0.772. The Hall–Kier alpha value is -2.42. The Morgan fingerprint density at radius 1 is 1.15 bits per heavy atom. The summed E-state index contributed by atoms with van der Waals surface area (Å²) in [5.41, 5.74) is 5.32. The van der Waals surface area contributed by atoms with E-state index in [1.54, 1.807) is 11.5 Å². The molecule has 4 aliphatic rings. The summed E-state index contributed by atoms with van der Waals surface area (Å²) in [6.45, 7) is -3.83. The number of nitrogens with one attached hydrogen (secondary N) is 1. The van der Waals surface area contributed by atoms with Gasteiger partial charge in [-0.15, -0.1) is 11.8 Å². The van der Waals surface area contributed by atoms with Gasteiger partial charge in [0.2, 0.25) is 0 Å². The largest absolute Gasteiger partial charge is 0.472 e. The van der Waals surface area contributed by atoms with Gasteiger partial charge in [-0.25, -0.2) is 34.0 Å². The van der Waals surface area contributed by atoms with Crippen molar-refractivity contribution in [1.29, 1.82) is 0 Å². The number of H-pyrrole nitrogens is 1. The molecule has 2 saturated carbocycles. The quantitative estimate of drug-likeness (QED) is 0.127. The number of aromatic amines is 1. The van der Waals surface area contributed by atoms with Crippen LogP contribution in [0.15, 0.2) is 23.8 Å². The van der Waals surface area contributed by atoms with E-state index in [4.69, 9.17) is 23.8 Å². The van der Waals surface area contributed by atoms with Gasteiger partial charge < -0.3 is 30.4 Å². The second-order valence-corrected chi connectivity index (χ2v) is 17.7. The van der Waals surface area contributed by atoms with Crippen LogP contribution in [0.5, 0.6) is 0 Å². The van der Waals surface area contributed by atoms with Crippen molar-refractivity contribution in [3.05, 3.63) is 35.2 Å². The van der Waals surface area contributed by atoms with E-state index in [1.807, 2.05) is 0 Å². The van der Waals surface area contributed by atoms with Crippen LogP contribution in [0.3, 0.4) is 0 Å². The zero-order chi connectivity index (χ0) is 33.0. The van der Waals surface area contributed by atoms with Gasteiger partial charge in [0.1, 0.15) is 41.4 Å². The molecule has 23 heteroatoms. The molecule has 2 aliphatic carbocycles. The number of hydrogen-bond donors (Lipinski definition) is 6. The highest BCUT2D eigenvalue weighted by Crippen LogP contribution is 2.73. The number of aliphatic hydroxyl groups is 2. The van der Waals surface area contributed by atoms with Gasteiger partial charge in [0.15, 0.2) is 22.6 Å². The Labute approximate surface area is 273 Å². The average Bonchev–Trinajstić information content (AvgIpc) is 3.30. The van der Waals surface area contributed by atoms with Crippen LogP contribution >= 0.6 is 38.6 Å². The van der Waals surface area contributed by atoms with Crippen LogP contribution in [0.1, 0.15) is 23.7 Å². The fourth-order valence-electron chi connectivity index (χ4n) is 7.23. The van der Waals surface area contributed by atoms with Gasteiger partial charge in [0.25, 0.3) is 5.56 Å². The van der Waals surface area contributed by atoms with E-state index < -0.39 is 85.6 Å². The van der Waals surface area contributed by atoms with Crippen LogP contribution in [-0.2, 0) is 27.2 Å². The molecule has 0 radical (unpaired) electrons. The molecule has 6 N–H and O–H groups in total. The molecule has 0 amide bonds. The number of phosphoric ester groups is 1. The first-order valence-corrected chi connectivity index (χ1v) is 19.6. The molecule has 11 atom stereocenters. The van der Waals surface area contributed by atoms with Crippen LogP contribution in [0.4, 0.5) is 5.82 Å². The van der Waals surface area contributed by atoms with E-state index >= 15 is 0 Å². The number of hydrogen-bond acceptors (Lipinski definition) is 16. The van der Waals surface area contributed by atoms with Crippen molar-refractivity contribution in [3.8, 4) is 0 Å². The second-order valence-electron chi connectivity index (χ2n) is 12.1. The van der Waals surface area contributed by atoms with Crippen molar-refractivity contribution < 1.29 is 42.3 Å². The van der Waals surface area contributed by atoms with Crippen LogP contribution in [0.2, 0.25) is 0 Å². The molecular weight excluding hydrogens is 700 g/mol. The molecule has 8 rings (SSSR count). The standard InChI is InChI=1S/C24H29N9O10P2S2/c1-9-30-21-14(22(36)31-9)29-8-33(21)23-17-10(3-34)12(47-23)4-40-45(39,46)43-18-16(35)15(11-2-24(11,18)5-41-44(37,38)42-17)32-7-28-13-19(25)26-6-27-20(13)32/h6-8,10-12,15-18,23,34-35H,2-5H2,1H3,(H,37,38)(H,39,46)(H2,25,26,27)(H,30,31,36)/t10-,11-,12-,15-,16+,17-,18+,23-,24+,45-/m1/s1. The predicted octanol–water partition coefficient (Wildman–Crippen LogP) is 0.950. The molecule has 252 valence electrons. The summed E-state index contributed by atoms with van der Waals surface area (Å²) >= 11 is 5.41. The minimum Gasteiger partial charge on any atom is -0.396 e. The van der Waals surface area contributed by atoms with Gasteiger partial charge >= 0.3 is 14.6 Å². The van der Waals surface area contributed by atoms with Crippen LogP contribution in [0.25, 0.3) is 22.3 Å². The average molecular weight is 730 g/mol. The van der Waals surface area contributed by atoms with Crippen molar-refractivity contribution in [2.45, 2.75) is 48.3 Å². The Kier molecular flexibility index (Phi) is 7.48. The molecule has 19 nitrogen and oxygen atoms in total. The smallest absolute Gasteiger partial charge is 0.396 e. The van der Waals surface area contributed by atoms with Gasteiger partial charge in [-0.3, -0.25) is 27.5 Å². The van der Waals surface area contributed by atoms with E-state index in [1.165, 1.54) is 35.3 Å². The zero-order valence-electron chi connectivity index (χ0n) is 24.3. The number of aromatic nitrogens is 8. The number of nitrogens with two attached hydrogens (primary N) is 1. The SMILES string of the molecule is Cc1nc2c(ncn2[C@@H]2S[C@@H]3CO[P@@](=O)(S)O[C@H]4[C@@H](O)[C@H](n5cnc6c(N)ncnc65)[C@H]5C[C@]54COP(=O)(O)O[C@@H]2[C@@H]3CO)c(=O)[nH]1. The maximum Gasteiger partial charge on any atom is 0.472 e. The topological polar surface area (TPSA) is 265 Å². The summed E-state index contributed by atoms with van der Waals surface area (Å²) in [5, 5.41) is 20.5. The number of imidazole rings is 2. The summed E-state index contributed by atoms with van der Waals surface area (Å²) in [7, 11) is -4.88. The van der Waals surface area contributed by atoms with E-state index in [2.05, 4.69) is 42.2 Å². The predicted molar refractivity (Wildman–Crippen MR) is 167 cm³/mol. The molecule has 47 heavy (non-hydrogen) atoms. The van der Waals surface area contributed by atoms with Crippen molar-refractivity contribution in [2.75, 3.05) is 25.6 Å². The highest BCUT2D eigenvalue weighted by molar-refractivity contribution is 8.44. The fraction of sp³-hybridized carbons (Fsp3) is 0.583. The third kappa shape index (κ3) is 5.10. The van der Waals surface area contributed by atoms with Crippen LogP contribution in [0, 0.1) is 24.2 Å². The number of nitrogens with zero attached hydrogens (tertiary/aromatic N) is 7. The lowest BCUT2D eigenvalue weighted by molar-refractivity contribution is -0.0211.